The van der Waals surface area contributed by atoms with E-state index in [4.69, 9.17) is 21.1 Å². The third kappa shape index (κ3) is 6.16. The number of nitrogens with zero attached hydrogens (tertiary/aromatic N) is 1. The van der Waals surface area contributed by atoms with E-state index in [9.17, 15) is 9.18 Å². The molecule has 0 saturated carbocycles. The Balaban J connectivity index is 1.50. The van der Waals surface area contributed by atoms with E-state index >= 15 is 0 Å². The van der Waals surface area contributed by atoms with Crippen LogP contribution in [0.25, 0.3) is 0 Å². The summed E-state index contributed by atoms with van der Waals surface area (Å²) in [5, 5.41) is 3.18. The molecule has 0 aromatic heterocycles. The molecular weight excluding hydrogens is 395 g/mol. The third-order valence-corrected chi connectivity index (χ3v) is 5.26. The van der Waals surface area contributed by atoms with Crippen LogP contribution >= 0.6 is 11.6 Å². The van der Waals surface area contributed by atoms with Gasteiger partial charge in [0.2, 0.25) is 0 Å². The zero-order chi connectivity index (χ0) is 20.6. The van der Waals surface area contributed by atoms with Gasteiger partial charge in [0, 0.05) is 44.4 Å². The van der Waals surface area contributed by atoms with Crippen LogP contribution in [-0.4, -0.2) is 50.3 Å². The summed E-state index contributed by atoms with van der Waals surface area (Å²) in [5.41, 5.74) is 1.20. The minimum absolute atomic E-state index is 0.0470. The second-order valence-electron chi connectivity index (χ2n) is 7.08. The van der Waals surface area contributed by atoms with Crippen LogP contribution in [0.2, 0.25) is 5.02 Å². The molecule has 5 nitrogen and oxygen atoms in total. The Labute approximate surface area is 175 Å². The van der Waals surface area contributed by atoms with Gasteiger partial charge in [0.1, 0.15) is 17.7 Å². The van der Waals surface area contributed by atoms with Crippen molar-refractivity contribution in [3.05, 3.63) is 64.4 Å². The second kappa shape index (κ2) is 10.6. The number of hydrogen-bond donors (Lipinski definition) is 1. The van der Waals surface area contributed by atoms with Gasteiger partial charge in [-0.1, -0.05) is 29.8 Å². The van der Waals surface area contributed by atoms with E-state index in [0.29, 0.717) is 41.6 Å². The Kier molecular flexibility index (Phi) is 7.86. The van der Waals surface area contributed by atoms with Crippen LogP contribution < -0.4 is 10.1 Å². The molecular formula is C22H26ClFN2O3. The number of methoxy groups -OCH3 is 1. The summed E-state index contributed by atoms with van der Waals surface area (Å²) < 4.78 is 24.8. The first-order valence-corrected chi connectivity index (χ1v) is 10.1. The number of carbonyl (C=O) groups is 1. The molecule has 0 spiro atoms. The quantitative estimate of drug-likeness (QED) is 0.658. The van der Waals surface area contributed by atoms with E-state index in [2.05, 4.69) is 10.2 Å². The number of piperidine rings is 1. The van der Waals surface area contributed by atoms with Crippen LogP contribution in [0.1, 0.15) is 28.8 Å². The maximum atomic E-state index is 13.8. The Hall–Kier alpha value is -2.15. The number of likely N-dealkylation sites (tertiary alicyclic amines) is 1. The smallest absolute Gasteiger partial charge is 0.251 e. The second-order valence-corrected chi connectivity index (χ2v) is 7.49. The van der Waals surface area contributed by atoms with Gasteiger partial charge in [-0.2, -0.15) is 0 Å². The summed E-state index contributed by atoms with van der Waals surface area (Å²) in [4.78, 5) is 14.3. The summed E-state index contributed by atoms with van der Waals surface area (Å²) in [6, 6.07) is 11.9. The van der Waals surface area contributed by atoms with Crippen LogP contribution in [-0.2, 0) is 11.3 Å². The van der Waals surface area contributed by atoms with Crippen molar-refractivity contribution in [1.29, 1.82) is 0 Å². The van der Waals surface area contributed by atoms with E-state index in [1.165, 1.54) is 6.07 Å². The highest BCUT2D eigenvalue weighted by atomic mass is 35.5. The van der Waals surface area contributed by atoms with Crippen molar-refractivity contribution in [2.24, 2.45) is 0 Å². The lowest BCUT2D eigenvalue weighted by atomic mass is 10.1. The van der Waals surface area contributed by atoms with Crippen molar-refractivity contribution in [1.82, 2.24) is 10.2 Å². The van der Waals surface area contributed by atoms with Gasteiger partial charge in [0.05, 0.1) is 11.6 Å². The van der Waals surface area contributed by atoms with Crippen molar-refractivity contribution in [3.63, 3.8) is 0 Å². The Morgan fingerprint density at radius 3 is 2.69 bits per heavy atom. The highest BCUT2D eigenvalue weighted by Crippen LogP contribution is 2.29. The highest BCUT2D eigenvalue weighted by molar-refractivity contribution is 6.32. The molecule has 7 heteroatoms. The first-order chi connectivity index (χ1) is 14.1. The summed E-state index contributed by atoms with van der Waals surface area (Å²) >= 11 is 6.33. The van der Waals surface area contributed by atoms with Crippen LogP contribution in [0.4, 0.5) is 4.39 Å². The van der Waals surface area contributed by atoms with E-state index in [1.54, 1.807) is 31.4 Å². The molecule has 1 heterocycles. The fourth-order valence-corrected chi connectivity index (χ4v) is 3.56. The highest BCUT2D eigenvalue weighted by Gasteiger charge is 2.22. The normalized spacial score (nSPS) is 15.3. The molecule has 156 valence electrons. The number of amides is 1. The van der Waals surface area contributed by atoms with Crippen molar-refractivity contribution in [2.75, 3.05) is 33.4 Å². The van der Waals surface area contributed by atoms with Crippen molar-refractivity contribution < 1.29 is 18.7 Å². The number of halogens is 2. The van der Waals surface area contributed by atoms with Crippen LogP contribution in [0.15, 0.2) is 42.5 Å². The summed E-state index contributed by atoms with van der Waals surface area (Å²) in [6.07, 6.45) is 1.72. The van der Waals surface area contributed by atoms with Gasteiger partial charge in [0.15, 0.2) is 0 Å². The van der Waals surface area contributed by atoms with Crippen molar-refractivity contribution >= 4 is 17.5 Å². The summed E-state index contributed by atoms with van der Waals surface area (Å²) in [6.45, 7) is 3.16. The van der Waals surface area contributed by atoms with Gasteiger partial charge in [-0.25, -0.2) is 4.39 Å². The minimum Gasteiger partial charge on any atom is -0.489 e. The molecule has 2 aromatic rings. The lowest BCUT2D eigenvalue weighted by Gasteiger charge is -2.32. The molecule has 1 fully saturated rings. The fourth-order valence-electron chi connectivity index (χ4n) is 3.34. The molecule has 0 atom stereocenters. The predicted octanol–water partition coefficient (Wildman–Crippen LogP) is 3.90. The van der Waals surface area contributed by atoms with Gasteiger partial charge in [0.25, 0.3) is 5.91 Å². The molecule has 0 radical (unpaired) electrons. The third-order valence-electron chi connectivity index (χ3n) is 4.97. The molecule has 1 amide bonds. The molecule has 2 aromatic carbocycles. The molecule has 3 rings (SSSR count). The molecule has 0 unspecified atom stereocenters. The van der Waals surface area contributed by atoms with Crippen molar-refractivity contribution in [3.8, 4) is 5.75 Å². The maximum absolute atomic E-state index is 13.8. The van der Waals surface area contributed by atoms with E-state index in [0.717, 1.165) is 25.9 Å². The zero-order valence-corrected chi connectivity index (χ0v) is 17.3. The van der Waals surface area contributed by atoms with Gasteiger partial charge < -0.3 is 14.8 Å². The molecule has 1 saturated heterocycles. The topological polar surface area (TPSA) is 50.8 Å². The lowest BCUT2D eigenvalue weighted by molar-refractivity contribution is 0.0935. The number of hydrogen-bond acceptors (Lipinski definition) is 4. The first-order valence-electron chi connectivity index (χ1n) is 9.76. The van der Waals surface area contributed by atoms with Crippen molar-refractivity contribution in [2.45, 2.75) is 25.5 Å². The monoisotopic (exact) mass is 420 g/mol. The SMILES string of the molecule is COCCNC(=O)c1ccc(OC2CCN(Cc3ccccc3F)CC2)c(Cl)c1. The van der Waals surface area contributed by atoms with Gasteiger partial charge >= 0.3 is 0 Å². The number of carbonyl (C=O) groups excluding carboxylic acids is 1. The Bertz CT molecular complexity index is 825. The molecule has 1 N–H and O–H groups in total. The Morgan fingerprint density at radius 1 is 1.24 bits per heavy atom. The van der Waals surface area contributed by atoms with E-state index in [1.807, 2.05) is 12.1 Å². The average molecular weight is 421 g/mol. The van der Waals surface area contributed by atoms with Crippen LogP contribution in [0.5, 0.6) is 5.75 Å². The van der Waals surface area contributed by atoms with Gasteiger partial charge in [-0.3, -0.25) is 9.69 Å². The molecule has 0 aliphatic carbocycles. The Morgan fingerprint density at radius 2 is 2.00 bits per heavy atom. The average Bonchev–Trinajstić information content (AvgIpc) is 2.72. The lowest BCUT2D eigenvalue weighted by Crippen LogP contribution is -2.38. The minimum atomic E-state index is -0.197. The van der Waals surface area contributed by atoms with E-state index < -0.39 is 0 Å². The standard InChI is InChI=1S/C22H26ClFN2O3/c1-28-13-10-25-22(27)16-6-7-21(19(23)14-16)29-18-8-11-26(12-9-18)15-17-4-2-3-5-20(17)24/h2-7,14,18H,8-13,15H2,1H3,(H,25,27). The number of benzene rings is 2. The summed E-state index contributed by atoms with van der Waals surface area (Å²) in [5.74, 6) is 0.216. The molecule has 29 heavy (non-hydrogen) atoms. The number of nitrogens with one attached hydrogen (secondary N) is 1. The molecule has 1 aliphatic rings. The summed E-state index contributed by atoms with van der Waals surface area (Å²) in [7, 11) is 1.58. The predicted molar refractivity (Wildman–Crippen MR) is 111 cm³/mol. The number of ether oxygens (including phenoxy) is 2. The maximum Gasteiger partial charge on any atom is 0.251 e. The first kappa shape index (κ1) is 21.6. The largest absolute Gasteiger partial charge is 0.489 e. The zero-order valence-electron chi connectivity index (χ0n) is 16.5. The van der Waals surface area contributed by atoms with Gasteiger partial charge in [-0.15, -0.1) is 0 Å². The van der Waals surface area contributed by atoms with Crippen LogP contribution in [0, 0.1) is 5.82 Å². The number of rotatable bonds is 8. The van der Waals surface area contributed by atoms with Crippen LogP contribution in [0.3, 0.4) is 0 Å². The van der Waals surface area contributed by atoms with E-state index in [-0.39, 0.29) is 17.8 Å². The molecule has 1 aliphatic heterocycles. The molecule has 0 bridgehead atoms. The fraction of sp³-hybridized carbons (Fsp3) is 0.409. The van der Waals surface area contributed by atoms with Gasteiger partial charge in [-0.05, 0) is 37.1 Å².